The highest BCUT2D eigenvalue weighted by Gasteiger charge is 2.17. The van der Waals surface area contributed by atoms with Crippen LogP contribution in [0.2, 0.25) is 0 Å². The van der Waals surface area contributed by atoms with Gasteiger partial charge in [-0.1, -0.05) is 0 Å². The lowest BCUT2D eigenvalue weighted by Gasteiger charge is -2.17. The van der Waals surface area contributed by atoms with Crippen molar-refractivity contribution in [3.8, 4) is 17.6 Å². The minimum atomic E-state index is -0.304. The number of benzene rings is 1. The fraction of sp³-hybridized carbons (Fsp3) is 0.562. The van der Waals surface area contributed by atoms with Crippen molar-refractivity contribution in [2.75, 3.05) is 20.8 Å². The van der Waals surface area contributed by atoms with Gasteiger partial charge in [-0.15, -0.1) is 0 Å². The minimum Gasteiger partial charge on any atom is -0.493 e. The Bertz CT molecular complexity index is 510. The Kier molecular flexibility index (Phi) is 7.00. The molecule has 0 aliphatic rings. The molecule has 0 aromatic heterocycles. The van der Waals surface area contributed by atoms with E-state index in [1.54, 1.807) is 7.11 Å². The molecule has 0 amide bonds. The molecule has 0 saturated carbocycles. The average Bonchev–Trinajstić information content (AvgIpc) is 2.45. The van der Waals surface area contributed by atoms with Crippen LogP contribution in [0.1, 0.15) is 32.3 Å². The predicted molar refractivity (Wildman–Crippen MR) is 87.6 cm³/mol. The van der Waals surface area contributed by atoms with Crippen LogP contribution in [-0.4, -0.2) is 20.8 Å². The number of nitriles is 1. The van der Waals surface area contributed by atoms with Crippen LogP contribution in [0.4, 0.5) is 0 Å². The Morgan fingerprint density at radius 2 is 2.10 bits per heavy atom. The maximum Gasteiger partial charge on any atom is 0.175 e. The van der Waals surface area contributed by atoms with E-state index >= 15 is 0 Å². The van der Waals surface area contributed by atoms with E-state index in [9.17, 15) is 0 Å². The van der Waals surface area contributed by atoms with Crippen LogP contribution in [0.25, 0.3) is 0 Å². The fourth-order valence-electron chi connectivity index (χ4n) is 1.96. The lowest BCUT2D eigenvalue weighted by atomic mass is 9.90. The largest absolute Gasteiger partial charge is 0.493 e. The summed E-state index contributed by atoms with van der Waals surface area (Å²) >= 11 is 3.53. The molecule has 5 heteroatoms. The molecule has 1 aromatic rings. The highest BCUT2D eigenvalue weighted by Crippen LogP contribution is 2.37. The van der Waals surface area contributed by atoms with Crippen LogP contribution in [0, 0.1) is 16.7 Å². The molecule has 116 valence electrons. The molecule has 0 aliphatic heterocycles. The van der Waals surface area contributed by atoms with E-state index in [1.165, 1.54) is 0 Å². The fourth-order valence-corrected chi connectivity index (χ4v) is 2.57. The third-order valence-corrected chi connectivity index (χ3v) is 3.75. The molecule has 0 aliphatic carbocycles. The smallest absolute Gasteiger partial charge is 0.175 e. The summed E-state index contributed by atoms with van der Waals surface area (Å²) in [7, 11) is 3.54. The summed E-state index contributed by atoms with van der Waals surface area (Å²) in [6, 6.07) is 6.29. The van der Waals surface area contributed by atoms with Gasteiger partial charge in [-0.3, -0.25) is 0 Å². The number of rotatable bonds is 8. The molecule has 4 nitrogen and oxygen atoms in total. The highest BCUT2D eigenvalue weighted by atomic mass is 79.9. The lowest BCUT2D eigenvalue weighted by molar-refractivity contribution is 0.268. The van der Waals surface area contributed by atoms with Gasteiger partial charge >= 0.3 is 0 Å². The zero-order valence-corrected chi connectivity index (χ0v) is 14.7. The standard InChI is InChI=1S/C16H23BrN2O2/c1-16(2,11-18)6-5-7-21-15-13(17)8-12(10-19-3)9-14(15)20-4/h8-9,19H,5-7,10H2,1-4H3. The van der Waals surface area contributed by atoms with Crippen molar-refractivity contribution in [3.05, 3.63) is 22.2 Å². The average molecular weight is 355 g/mol. The Morgan fingerprint density at radius 3 is 2.67 bits per heavy atom. The molecule has 1 N–H and O–H groups in total. The zero-order chi connectivity index (χ0) is 15.9. The van der Waals surface area contributed by atoms with E-state index in [2.05, 4.69) is 27.3 Å². The Labute approximate surface area is 135 Å². The zero-order valence-electron chi connectivity index (χ0n) is 13.1. The number of hydrogen-bond donors (Lipinski definition) is 1. The molecule has 0 spiro atoms. The SMILES string of the molecule is CNCc1cc(Br)c(OCCCC(C)(C)C#N)c(OC)c1. The molecule has 0 atom stereocenters. The van der Waals surface area contributed by atoms with E-state index in [1.807, 2.05) is 33.0 Å². The third-order valence-electron chi connectivity index (χ3n) is 3.17. The monoisotopic (exact) mass is 354 g/mol. The van der Waals surface area contributed by atoms with Crippen LogP contribution in [0.3, 0.4) is 0 Å². The van der Waals surface area contributed by atoms with Crippen molar-refractivity contribution in [3.63, 3.8) is 0 Å². The van der Waals surface area contributed by atoms with E-state index < -0.39 is 0 Å². The maximum atomic E-state index is 8.99. The summed E-state index contributed by atoms with van der Waals surface area (Å²) in [5, 5.41) is 12.1. The molecule has 0 unspecified atom stereocenters. The van der Waals surface area contributed by atoms with Gasteiger partial charge in [0.25, 0.3) is 0 Å². The summed E-state index contributed by atoms with van der Waals surface area (Å²) < 4.78 is 12.1. The number of nitrogens with one attached hydrogen (secondary N) is 1. The summed E-state index contributed by atoms with van der Waals surface area (Å²) in [5.41, 5.74) is 0.820. The van der Waals surface area contributed by atoms with Gasteiger partial charge in [0.15, 0.2) is 11.5 Å². The predicted octanol–water partition coefficient (Wildman–Crippen LogP) is 3.89. The first-order chi connectivity index (χ1) is 9.93. The van der Waals surface area contributed by atoms with Crippen LogP contribution in [0.15, 0.2) is 16.6 Å². The number of methoxy groups -OCH3 is 1. The van der Waals surface area contributed by atoms with Crippen molar-refractivity contribution in [1.82, 2.24) is 5.32 Å². The number of ether oxygens (including phenoxy) is 2. The summed E-state index contributed by atoms with van der Waals surface area (Å²) in [5.74, 6) is 1.43. The molecular weight excluding hydrogens is 332 g/mol. The van der Waals surface area contributed by atoms with Gasteiger partial charge < -0.3 is 14.8 Å². The second-order valence-electron chi connectivity index (χ2n) is 5.59. The quantitative estimate of drug-likeness (QED) is 0.719. The third kappa shape index (κ3) is 5.56. The minimum absolute atomic E-state index is 0.304. The van der Waals surface area contributed by atoms with Gasteiger partial charge in [-0.05, 0) is 67.4 Å². The molecule has 0 bridgehead atoms. The van der Waals surface area contributed by atoms with Crippen LogP contribution in [-0.2, 0) is 6.54 Å². The second-order valence-corrected chi connectivity index (χ2v) is 6.44. The lowest BCUT2D eigenvalue weighted by Crippen LogP contribution is -2.10. The topological polar surface area (TPSA) is 54.3 Å². The van der Waals surface area contributed by atoms with Crippen LogP contribution >= 0.6 is 15.9 Å². The van der Waals surface area contributed by atoms with Crippen molar-refractivity contribution >= 4 is 15.9 Å². The van der Waals surface area contributed by atoms with Gasteiger partial charge in [0.05, 0.1) is 29.7 Å². The van der Waals surface area contributed by atoms with E-state index in [0.29, 0.717) is 18.1 Å². The van der Waals surface area contributed by atoms with Gasteiger partial charge in [0.2, 0.25) is 0 Å². The first-order valence-electron chi connectivity index (χ1n) is 6.98. The molecule has 1 aromatic carbocycles. The summed E-state index contributed by atoms with van der Waals surface area (Å²) in [4.78, 5) is 0. The van der Waals surface area contributed by atoms with Gasteiger partial charge in [0.1, 0.15) is 0 Å². The van der Waals surface area contributed by atoms with Crippen LogP contribution < -0.4 is 14.8 Å². The number of halogens is 1. The van der Waals surface area contributed by atoms with Crippen molar-refractivity contribution in [1.29, 1.82) is 5.26 Å². The van der Waals surface area contributed by atoms with Crippen molar-refractivity contribution in [2.45, 2.75) is 33.2 Å². The second kappa shape index (κ2) is 8.26. The van der Waals surface area contributed by atoms with Gasteiger partial charge in [-0.2, -0.15) is 5.26 Å². The van der Waals surface area contributed by atoms with E-state index in [4.69, 9.17) is 14.7 Å². The molecule has 0 saturated heterocycles. The highest BCUT2D eigenvalue weighted by molar-refractivity contribution is 9.10. The summed E-state index contributed by atoms with van der Waals surface area (Å²) in [6.45, 7) is 5.21. The molecule has 0 heterocycles. The van der Waals surface area contributed by atoms with Crippen molar-refractivity contribution < 1.29 is 9.47 Å². The number of hydrogen-bond acceptors (Lipinski definition) is 4. The molecular formula is C16H23BrN2O2. The Balaban J connectivity index is 2.69. The molecule has 0 fully saturated rings. The molecule has 1 rings (SSSR count). The first-order valence-corrected chi connectivity index (χ1v) is 7.78. The van der Waals surface area contributed by atoms with E-state index in [0.717, 1.165) is 29.4 Å². The maximum absolute atomic E-state index is 8.99. The Hall–Kier alpha value is -1.25. The van der Waals surface area contributed by atoms with Gasteiger partial charge in [-0.25, -0.2) is 0 Å². The van der Waals surface area contributed by atoms with Crippen LogP contribution in [0.5, 0.6) is 11.5 Å². The summed E-state index contributed by atoms with van der Waals surface area (Å²) in [6.07, 6.45) is 1.63. The molecule has 0 radical (unpaired) electrons. The van der Waals surface area contributed by atoms with Gasteiger partial charge in [0, 0.05) is 6.54 Å². The van der Waals surface area contributed by atoms with E-state index in [-0.39, 0.29) is 5.41 Å². The number of nitrogens with zero attached hydrogens (tertiary/aromatic N) is 1. The van der Waals surface area contributed by atoms with Crippen molar-refractivity contribution in [2.24, 2.45) is 5.41 Å². The molecule has 21 heavy (non-hydrogen) atoms. The first kappa shape index (κ1) is 17.8. The normalized spacial score (nSPS) is 11.0. The Morgan fingerprint density at radius 1 is 1.38 bits per heavy atom.